The summed E-state index contributed by atoms with van der Waals surface area (Å²) in [4.78, 5) is 35.4. The molecule has 9 nitrogen and oxygen atoms in total. The number of amides is 4. The molecule has 4 amide bonds. The van der Waals surface area contributed by atoms with Crippen LogP contribution < -0.4 is 20.9 Å². The van der Waals surface area contributed by atoms with Crippen molar-refractivity contribution in [3.05, 3.63) is 57.6 Å². The number of carbonyl (C=O) groups is 2. The van der Waals surface area contributed by atoms with Crippen LogP contribution in [0.15, 0.2) is 42.5 Å². The van der Waals surface area contributed by atoms with E-state index >= 15 is 0 Å². The Balaban J connectivity index is 1.63. The Labute approximate surface area is 153 Å². The van der Waals surface area contributed by atoms with Crippen LogP contribution in [0.3, 0.4) is 0 Å². The maximum Gasteiger partial charge on any atom is 0.323 e. The number of nitro groups is 1. The number of carbonyl (C=O) groups excluding carboxylic acids is 2. The molecule has 1 fully saturated rings. The number of hydrogen-bond acceptors (Lipinski definition) is 4. The fourth-order valence-corrected chi connectivity index (χ4v) is 2.67. The van der Waals surface area contributed by atoms with Gasteiger partial charge in [0.15, 0.2) is 0 Å². The first kappa shape index (κ1) is 17.5. The standard InChI is InChI=1S/C16H14ClN5O4/c17-13-9-12(22(25)26)5-6-14(13)20-15(23)19-10-1-3-11(4-2-10)21-8-7-18-16(21)24/h1-6,9H,7-8H2,(H,18,24)(H2,19,20,23). The van der Waals surface area contributed by atoms with Crippen LogP contribution in [0.2, 0.25) is 5.02 Å². The number of nitro benzene ring substituents is 1. The van der Waals surface area contributed by atoms with E-state index in [1.165, 1.54) is 12.1 Å². The molecule has 0 bridgehead atoms. The third-order valence-electron chi connectivity index (χ3n) is 3.71. The smallest absolute Gasteiger partial charge is 0.323 e. The van der Waals surface area contributed by atoms with Crippen molar-refractivity contribution in [2.24, 2.45) is 0 Å². The van der Waals surface area contributed by atoms with E-state index in [4.69, 9.17) is 11.6 Å². The first-order valence-corrected chi connectivity index (χ1v) is 7.99. The van der Waals surface area contributed by atoms with Gasteiger partial charge in [0, 0.05) is 36.6 Å². The van der Waals surface area contributed by atoms with Gasteiger partial charge >= 0.3 is 12.1 Å². The van der Waals surface area contributed by atoms with Crippen LogP contribution in [-0.2, 0) is 0 Å². The van der Waals surface area contributed by atoms with Gasteiger partial charge in [-0.2, -0.15) is 0 Å². The first-order chi connectivity index (χ1) is 12.4. The fourth-order valence-electron chi connectivity index (χ4n) is 2.45. The van der Waals surface area contributed by atoms with E-state index in [9.17, 15) is 19.7 Å². The number of hydrogen-bond donors (Lipinski definition) is 3. The average molecular weight is 376 g/mol. The van der Waals surface area contributed by atoms with Gasteiger partial charge in [-0.15, -0.1) is 0 Å². The maximum atomic E-state index is 12.1. The summed E-state index contributed by atoms with van der Waals surface area (Å²) in [7, 11) is 0. The fraction of sp³-hybridized carbons (Fsp3) is 0.125. The second-order valence-corrected chi connectivity index (χ2v) is 5.84. The molecule has 0 unspecified atom stereocenters. The van der Waals surface area contributed by atoms with E-state index in [2.05, 4.69) is 16.0 Å². The van der Waals surface area contributed by atoms with E-state index in [1.807, 2.05) is 0 Å². The van der Waals surface area contributed by atoms with Gasteiger partial charge in [0.1, 0.15) is 0 Å². The van der Waals surface area contributed by atoms with Crippen LogP contribution in [0.4, 0.5) is 32.3 Å². The third kappa shape index (κ3) is 3.83. The molecule has 2 aromatic rings. The zero-order chi connectivity index (χ0) is 18.7. The Hall–Kier alpha value is -3.33. The highest BCUT2D eigenvalue weighted by Gasteiger charge is 2.20. The third-order valence-corrected chi connectivity index (χ3v) is 4.02. The van der Waals surface area contributed by atoms with Gasteiger partial charge in [-0.25, -0.2) is 9.59 Å². The minimum absolute atomic E-state index is 0.0599. The average Bonchev–Trinajstić information content (AvgIpc) is 3.03. The van der Waals surface area contributed by atoms with E-state index in [-0.39, 0.29) is 22.4 Å². The molecule has 0 atom stereocenters. The van der Waals surface area contributed by atoms with Crippen LogP contribution in [0.5, 0.6) is 0 Å². The summed E-state index contributed by atoms with van der Waals surface area (Å²) in [6.07, 6.45) is 0. The van der Waals surface area contributed by atoms with Crippen molar-refractivity contribution in [1.29, 1.82) is 0 Å². The Morgan fingerprint density at radius 3 is 2.50 bits per heavy atom. The van der Waals surface area contributed by atoms with Gasteiger partial charge in [-0.05, 0) is 30.3 Å². The second kappa shape index (κ2) is 7.28. The highest BCUT2D eigenvalue weighted by Crippen LogP contribution is 2.27. The Morgan fingerprint density at radius 1 is 1.19 bits per heavy atom. The lowest BCUT2D eigenvalue weighted by Crippen LogP contribution is -2.27. The number of nitrogens with zero attached hydrogens (tertiary/aromatic N) is 2. The van der Waals surface area contributed by atoms with Gasteiger partial charge in [0.2, 0.25) is 0 Å². The molecule has 1 saturated heterocycles. The largest absolute Gasteiger partial charge is 0.336 e. The molecule has 1 aliphatic rings. The zero-order valence-electron chi connectivity index (χ0n) is 13.4. The summed E-state index contributed by atoms with van der Waals surface area (Å²) in [5, 5.41) is 18.6. The van der Waals surface area contributed by atoms with Crippen LogP contribution in [-0.4, -0.2) is 30.1 Å². The van der Waals surface area contributed by atoms with Crippen LogP contribution in [0.25, 0.3) is 0 Å². The number of urea groups is 2. The molecule has 0 aromatic heterocycles. The molecule has 3 rings (SSSR count). The Bertz CT molecular complexity index is 871. The van der Waals surface area contributed by atoms with Crippen LogP contribution >= 0.6 is 11.6 Å². The van der Waals surface area contributed by atoms with Gasteiger partial charge < -0.3 is 16.0 Å². The summed E-state index contributed by atoms with van der Waals surface area (Å²) in [5.41, 5.74) is 1.33. The normalized spacial score (nSPS) is 13.3. The summed E-state index contributed by atoms with van der Waals surface area (Å²) >= 11 is 5.94. The molecule has 26 heavy (non-hydrogen) atoms. The molecule has 0 spiro atoms. The van der Waals surface area contributed by atoms with Crippen molar-refractivity contribution in [2.75, 3.05) is 28.6 Å². The predicted molar refractivity (Wildman–Crippen MR) is 97.9 cm³/mol. The molecule has 0 radical (unpaired) electrons. The highest BCUT2D eigenvalue weighted by molar-refractivity contribution is 6.34. The second-order valence-electron chi connectivity index (χ2n) is 5.43. The Kier molecular flexibility index (Phi) is 4.90. The maximum absolute atomic E-state index is 12.1. The molecule has 10 heteroatoms. The molecule has 3 N–H and O–H groups in total. The number of rotatable bonds is 4. The summed E-state index contributed by atoms with van der Waals surface area (Å²) in [5.74, 6) is 0. The number of anilines is 3. The van der Waals surface area contributed by atoms with E-state index < -0.39 is 11.0 Å². The van der Waals surface area contributed by atoms with Crippen LogP contribution in [0, 0.1) is 10.1 Å². The predicted octanol–water partition coefficient (Wildman–Crippen LogP) is 3.42. The first-order valence-electron chi connectivity index (χ1n) is 7.61. The lowest BCUT2D eigenvalue weighted by molar-refractivity contribution is -0.384. The monoisotopic (exact) mass is 375 g/mol. The SMILES string of the molecule is O=C(Nc1ccc(N2CCNC2=O)cc1)Nc1ccc([N+](=O)[O-])cc1Cl. The van der Waals surface area contributed by atoms with Crippen molar-refractivity contribution in [1.82, 2.24) is 5.32 Å². The van der Waals surface area contributed by atoms with Crippen molar-refractivity contribution >= 4 is 46.4 Å². The van der Waals surface area contributed by atoms with E-state index in [1.54, 1.807) is 29.2 Å². The Morgan fingerprint density at radius 2 is 1.92 bits per heavy atom. The van der Waals surface area contributed by atoms with Crippen molar-refractivity contribution in [3.8, 4) is 0 Å². The summed E-state index contributed by atoms with van der Waals surface area (Å²) < 4.78 is 0. The van der Waals surface area contributed by atoms with Crippen molar-refractivity contribution < 1.29 is 14.5 Å². The molecule has 1 heterocycles. The molecule has 1 aliphatic heterocycles. The number of halogens is 1. The minimum Gasteiger partial charge on any atom is -0.336 e. The minimum atomic E-state index is -0.572. The van der Waals surface area contributed by atoms with Crippen molar-refractivity contribution in [2.45, 2.75) is 0 Å². The lowest BCUT2D eigenvalue weighted by atomic mass is 10.2. The summed E-state index contributed by atoms with van der Waals surface area (Å²) in [6, 6.07) is 9.83. The number of benzene rings is 2. The van der Waals surface area contributed by atoms with E-state index in [0.717, 1.165) is 11.8 Å². The molecular weight excluding hydrogens is 362 g/mol. The topological polar surface area (TPSA) is 117 Å². The lowest BCUT2D eigenvalue weighted by Gasteiger charge is -2.15. The van der Waals surface area contributed by atoms with Gasteiger partial charge in [0.25, 0.3) is 5.69 Å². The highest BCUT2D eigenvalue weighted by atomic mass is 35.5. The van der Waals surface area contributed by atoms with Gasteiger partial charge in [-0.3, -0.25) is 15.0 Å². The van der Waals surface area contributed by atoms with Gasteiger partial charge in [0.05, 0.1) is 15.6 Å². The molecular formula is C16H14ClN5O4. The quantitative estimate of drug-likeness (QED) is 0.560. The summed E-state index contributed by atoms with van der Waals surface area (Å²) in [6.45, 7) is 1.18. The van der Waals surface area contributed by atoms with Gasteiger partial charge in [-0.1, -0.05) is 11.6 Å². The molecule has 0 saturated carbocycles. The zero-order valence-corrected chi connectivity index (χ0v) is 14.1. The molecule has 0 aliphatic carbocycles. The number of non-ortho nitro benzene ring substituents is 1. The van der Waals surface area contributed by atoms with E-state index in [0.29, 0.717) is 18.8 Å². The van der Waals surface area contributed by atoms with Crippen LogP contribution in [0.1, 0.15) is 0 Å². The van der Waals surface area contributed by atoms with Crippen molar-refractivity contribution in [3.63, 3.8) is 0 Å². The number of nitrogens with one attached hydrogen (secondary N) is 3. The molecule has 2 aromatic carbocycles. The molecule has 134 valence electrons.